The largest absolute Gasteiger partial charge is 0.454 e. The fourth-order valence-corrected chi connectivity index (χ4v) is 3.28. The summed E-state index contributed by atoms with van der Waals surface area (Å²) in [5.41, 5.74) is 1.17. The maximum atomic E-state index is 11.9. The van der Waals surface area contributed by atoms with Crippen LogP contribution in [0, 0.1) is 0 Å². The topological polar surface area (TPSA) is 62.8 Å². The lowest BCUT2D eigenvalue weighted by molar-refractivity contribution is 0.173. The van der Waals surface area contributed by atoms with Crippen molar-refractivity contribution in [2.75, 3.05) is 26.4 Å². The van der Waals surface area contributed by atoms with Crippen molar-refractivity contribution in [1.82, 2.24) is 15.5 Å². The Hall–Kier alpha value is -1.95. The van der Waals surface area contributed by atoms with Gasteiger partial charge in [0.25, 0.3) is 0 Å². The van der Waals surface area contributed by atoms with Gasteiger partial charge in [-0.3, -0.25) is 4.90 Å². The second-order valence-electron chi connectivity index (χ2n) is 6.50. The first-order chi connectivity index (χ1) is 11.3. The molecule has 0 aromatic heterocycles. The first-order valence-electron chi connectivity index (χ1n) is 8.47. The molecule has 1 unspecified atom stereocenters. The van der Waals surface area contributed by atoms with E-state index >= 15 is 0 Å². The molecule has 0 spiro atoms. The molecule has 23 heavy (non-hydrogen) atoms. The second kappa shape index (κ2) is 6.28. The number of likely N-dealkylation sites (tertiary alicyclic amines) is 1. The minimum Gasteiger partial charge on any atom is -0.454 e. The molecule has 3 aliphatic rings. The molecule has 1 aromatic carbocycles. The number of nitrogens with zero attached hydrogens (tertiary/aromatic N) is 1. The monoisotopic (exact) mass is 317 g/mol. The summed E-state index contributed by atoms with van der Waals surface area (Å²) < 4.78 is 10.9. The van der Waals surface area contributed by atoms with Gasteiger partial charge in [-0.15, -0.1) is 0 Å². The van der Waals surface area contributed by atoms with Crippen molar-refractivity contribution in [3.05, 3.63) is 23.8 Å². The van der Waals surface area contributed by atoms with E-state index in [1.807, 2.05) is 12.1 Å². The lowest BCUT2D eigenvalue weighted by Crippen LogP contribution is -2.42. The third-order valence-electron chi connectivity index (χ3n) is 4.73. The summed E-state index contributed by atoms with van der Waals surface area (Å²) in [5, 5.41) is 6.01. The van der Waals surface area contributed by atoms with Crippen molar-refractivity contribution >= 4 is 6.03 Å². The third-order valence-corrected chi connectivity index (χ3v) is 4.73. The maximum Gasteiger partial charge on any atom is 0.315 e. The molecule has 2 aliphatic heterocycles. The number of urea groups is 1. The highest BCUT2D eigenvalue weighted by molar-refractivity contribution is 5.74. The minimum atomic E-state index is -0.0579. The Morgan fingerprint density at radius 2 is 2.00 bits per heavy atom. The Bertz CT molecular complexity index is 582. The van der Waals surface area contributed by atoms with Crippen molar-refractivity contribution in [1.29, 1.82) is 0 Å². The zero-order valence-electron chi connectivity index (χ0n) is 13.2. The Kier molecular flexibility index (Phi) is 3.99. The van der Waals surface area contributed by atoms with Crippen molar-refractivity contribution in [3.8, 4) is 11.5 Å². The van der Waals surface area contributed by atoms with Gasteiger partial charge >= 0.3 is 6.03 Å². The van der Waals surface area contributed by atoms with E-state index < -0.39 is 0 Å². The van der Waals surface area contributed by atoms with Crippen LogP contribution in [0.4, 0.5) is 4.79 Å². The lowest BCUT2D eigenvalue weighted by Gasteiger charge is -2.28. The fourth-order valence-electron chi connectivity index (χ4n) is 3.28. The summed E-state index contributed by atoms with van der Waals surface area (Å²) in [6.45, 7) is 3.05. The van der Waals surface area contributed by atoms with Crippen molar-refractivity contribution in [2.24, 2.45) is 0 Å². The Balaban J connectivity index is 1.46. The van der Waals surface area contributed by atoms with E-state index in [-0.39, 0.29) is 18.9 Å². The quantitative estimate of drug-likeness (QED) is 0.872. The van der Waals surface area contributed by atoms with E-state index in [9.17, 15) is 4.79 Å². The van der Waals surface area contributed by atoms with Gasteiger partial charge in [0.15, 0.2) is 11.5 Å². The fraction of sp³-hybridized carbons (Fsp3) is 0.588. The van der Waals surface area contributed by atoms with Crippen LogP contribution in [0.5, 0.6) is 11.5 Å². The maximum absolute atomic E-state index is 11.9. The van der Waals surface area contributed by atoms with Gasteiger partial charge in [0, 0.05) is 12.6 Å². The number of carbonyl (C=O) groups excluding carboxylic acids is 1. The van der Waals surface area contributed by atoms with Crippen LogP contribution in [-0.4, -0.2) is 43.4 Å². The van der Waals surface area contributed by atoms with Gasteiger partial charge in [0.2, 0.25) is 6.79 Å². The molecule has 6 nitrogen and oxygen atoms in total. The van der Waals surface area contributed by atoms with Crippen LogP contribution in [0.2, 0.25) is 0 Å². The van der Waals surface area contributed by atoms with E-state index in [2.05, 4.69) is 21.6 Å². The number of rotatable bonds is 5. The summed E-state index contributed by atoms with van der Waals surface area (Å²) in [6, 6.07) is 6.59. The molecule has 4 rings (SSSR count). The Morgan fingerprint density at radius 1 is 1.22 bits per heavy atom. The minimum absolute atomic E-state index is 0.0579. The van der Waals surface area contributed by atoms with E-state index in [0.29, 0.717) is 12.6 Å². The number of carbonyl (C=O) groups is 1. The number of fused-ring (bicyclic) bond motifs is 1. The standard InChI is InChI=1S/C17H23N3O3/c21-17(19-13-4-5-13)18-10-14(20-7-1-2-8-20)12-3-6-15-16(9-12)23-11-22-15/h3,6,9,13-14H,1-2,4-5,7-8,10-11H2,(H2,18,19,21). The summed E-state index contributed by atoms with van der Waals surface area (Å²) >= 11 is 0. The van der Waals surface area contributed by atoms with Crippen molar-refractivity contribution in [3.63, 3.8) is 0 Å². The molecule has 0 radical (unpaired) electrons. The number of amides is 2. The smallest absolute Gasteiger partial charge is 0.315 e. The van der Waals surface area contributed by atoms with Crippen LogP contribution >= 0.6 is 0 Å². The zero-order valence-corrected chi connectivity index (χ0v) is 13.2. The first-order valence-corrected chi connectivity index (χ1v) is 8.47. The van der Waals surface area contributed by atoms with E-state index in [1.54, 1.807) is 0 Å². The molecule has 6 heteroatoms. The van der Waals surface area contributed by atoms with Crippen LogP contribution in [0.15, 0.2) is 18.2 Å². The van der Waals surface area contributed by atoms with Gasteiger partial charge in [0.05, 0.1) is 6.04 Å². The van der Waals surface area contributed by atoms with Crippen LogP contribution in [-0.2, 0) is 0 Å². The van der Waals surface area contributed by atoms with Gasteiger partial charge in [-0.05, 0) is 56.5 Å². The van der Waals surface area contributed by atoms with Gasteiger partial charge < -0.3 is 20.1 Å². The van der Waals surface area contributed by atoms with E-state index in [1.165, 1.54) is 18.4 Å². The van der Waals surface area contributed by atoms with Crippen LogP contribution in [0.3, 0.4) is 0 Å². The molecule has 1 atom stereocenters. The molecule has 124 valence electrons. The molecule has 1 saturated carbocycles. The molecular formula is C17H23N3O3. The highest BCUT2D eigenvalue weighted by Gasteiger charge is 2.27. The zero-order chi connectivity index (χ0) is 15.6. The van der Waals surface area contributed by atoms with E-state index in [0.717, 1.165) is 37.4 Å². The SMILES string of the molecule is O=C(NCC(c1ccc2c(c1)OCO2)N1CCCC1)NC1CC1. The predicted molar refractivity (Wildman–Crippen MR) is 85.7 cm³/mol. The lowest BCUT2D eigenvalue weighted by atomic mass is 10.0. The van der Waals surface area contributed by atoms with Gasteiger partial charge in [-0.25, -0.2) is 4.79 Å². The van der Waals surface area contributed by atoms with Crippen LogP contribution < -0.4 is 20.1 Å². The molecule has 0 bridgehead atoms. The highest BCUT2D eigenvalue weighted by atomic mass is 16.7. The molecule has 2 N–H and O–H groups in total. The Morgan fingerprint density at radius 3 is 2.78 bits per heavy atom. The normalized spacial score (nSPS) is 21.2. The molecule has 1 aromatic rings. The molecule has 2 heterocycles. The number of ether oxygens (including phenoxy) is 2. The van der Waals surface area contributed by atoms with Crippen molar-refractivity contribution < 1.29 is 14.3 Å². The van der Waals surface area contributed by atoms with Gasteiger partial charge in [0.1, 0.15) is 0 Å². The molecule has 1 saturated heterocycles. The number of hydrogen-bond acceptors (Lipinski definition) is 4. The molecule has 1 aliphatic carbocycles. The third kappa shape index (κ3) is 3.37. The average Bonchev–Trinajstić information content (AvgIpc) is 3.04. The number of benzene rings is 1. The summed E-state index contributed by atoms with van der Waals surface area (Å²) in [7, 11) is 0. The van der Waals surface area contributed by atoms with Crippen LogP contribution in [0.1, 0.15) is 37.3 Å². The van der Waals surface area contributed by atoms with E-state index in [4.69, 9.17) is 9.47 Å². The summed E-state index contributed by atoms with van der Waals surface area (Å²) in [5.74, 6) is 1.60. The average molecular weight is 317 g/mol. The van der Waals surface area contributed by atoms with Gasteiger partial charge in [-0.2, -0.15) is 0 Å². The highest BCUT2D eigenvalue weighted by Crippen LogP contribution is 2.36. The first kappa shape index (κ1) is 14.6. The van der Waals surface area contributed by atoms with Crippen molar-refractivity contribution in [2.45, 2.75) is 37.8 Å². The molecule has 2 amide bonds. The molecular weight excluding hydrogens is 294 g/mol. The van der Waals surface area contributed by atoms with Crippen LogP contribution in [0.25, 0.3) is 0 Å². The number of nitrogens with one attached hydrogen (secondary N) is 2. The Labute approximate surface area is 136 Å². The molecule has 2 fully saturated rings. The predicted octanol–water partition coefficient (Wildman–Crippen LogP) is 2.01. The number of hydrogen-bond donors (Lipinski definition) is 2. The summed E-state index contributed by atoms with van der Waals surface area (Å²) in [6.07, 6.45) is 4.64. The summed E-state index contributed by atoms with van der Waals surface area (Å²) in [4.78, 5) is 14.4. The van der Waals surface area contributed by atoms with Gasteiger partial charge in [-0.1, -0.05) is 6.07 Å². The second-order valence-corrected chi connectivity index (χ2v) is 6.50.